The van der Waals surface area contributed by atoms with Gasteiger partial charge in [-0.25, -0.2) is 4.98 Å². The van der Waals surface area contributed by atoms with Gasteiger partial charge >= 0.3 is 0 Å². The Kier molecular flexibility index (Phi) is 5.48. The first-order valence-corrected chi connectivity index (χ1v) is 10.5. The number of benzene rings is 1. The van der Waals surface area contributed by atoms with Crippen LogP contribution in [0.5, 0.6) is 5.75 Å². The summed E-state index contributed by atoms with van der Waals surface area (Å²) >= 11 is 0. The van der Waals surface area contributed by atoms with Crippen molar-refractivity contribution in [1.29, 1.82) is 0 Å². The van der Waals surface area contributed by atoms with Crippen LogP contribution in [0.2, 0.25) is 0 Å². The summed E-state index contributed by atoms with van der Waals surface area (Å²) in [7, 11) is 0. The Bertz CT molecular complexity index is 1030. The number of fused-ring (bicyclic) bond motifs is 1. The molecule has 0 aliphatic carbocycles. The second-order valence-electron chi connectivity index (χ2n) is 7.76. The number of pyridine rings is 2. The fourth-order valence-corrected chi connectivity index (χ4v) is 4.10. The van der Waals surface area contributed by atoms with Crippen LogP contribution in [0.3, 0.4) is 0 Å². The van der Waals surface area contributed by atoms with Gasteiger partial charge in [0.25, 0.3) is 0 Å². The van der Waals surface area contributed by atoms with Crippen LogP contribution in [-0.4, -0.2) is 72.6 Å². The molecule has 7 nitrogen and oxygen atoms in total. The number of morpholine rings is 2. The van der Waals surface area contributed by atoms with E-state index >= 15 is 0 Å². The third-order valence-electron chi connectivity index (χ3n) is 5.71. The highest BCUT2D eigenvalue weighted by molar-refractivity contribution is 5.94. The molecule has 0 amide bonds. The summed E-state index contributed by atoms with van der Waals surface area (Å²) in [6.07, 6.45) is 1.95. The predicted molar refractivity (Wildman–Crippen MR) is 116 cm³/mol. The van der Waals surface area contributed by atoms with Gasteiger partial charge < -0.3 is 19.5 Å². The van der Waals surface area contributed by atoms with Crippen molar-refractivity contribution in [3.63, 3.8) is 0 Å². The number of anilines is 1. The number of nitrogens with zero attached hydrogens (tertiary/aromatic N) is 4. The van der Waals surface area contributed by atoms with E-state index in [1.165, 1.54) is 0 Å². The molecule has 0 spiro atoms. The Morgan fingerprint density at radius 2 is 1.70 bits per heavy atom. The highest BCUT2D eigenvalue weighted by atomic mass is 16.5. The third kappa shape index (κ3) is 4.09. The molecule has 2 aromatic heterocycles. The Morgan fingerprint density at radius 3 is 2.47 bits per heavy atom. The molecular formula is C23H26N4O3. The summed E-state index contributed by atoms with van der Waals surface area (Å²) in [4.78, 5) is 14.4. The van der Waals surface area contributed by atoms with Gasteiger partial charge in [0.15, 0.2) is 0 Å². The lowest BCUT2D eigenvalue weighted by Crippen LogP contribution is -2.36. The Hall–Kier alpha value is -2.74. The number of phenols is 1. The smallest absolute Gasteiger partial charge is 0.116 e. The van der Waals surface area contributed by atoms with Gasteiger partial charge in [0.1, 0.15) is 5.75 Å². The van der Waals surface area contributed by atoms with Crippen LogP contribution in [-0.2, 0) is 16.0 Å². The SMILES string of the molecule is Oc1cccc(-c2cc(N3CCOCC3)c3cnc(CN4CCOCC4)cc3n2)c1. The van der Waals surface area contributed by atoms with Crippen molar-refractivity contribution >= 4 is 16.6 Å². The fraction of sp³-hybridized carbons (Fsp3) is 0.391. The van der Waals surface area contributed by atoms with Crippen LogP contribution < -0.4 is 4.90 Å². The van der Waals surface area contributed by atoms with Crippen LogP contribution in [0.4, 0.5) is 5.69 Å². The van der Waals surface area contributed by atoms with E-state index in [-0.39, 0.29) is 5.75 Å². The van der Waals surface area contributed by atoms with Crippen molar-refractivity contribution in [2.75, 3.05) is 57.5 Å². The second kappa shape index (κ2) is 8.55. The van der Waals surface area contributed by atoms with Gasteiger partial charge in [-0.05, 0) is 24.3 Å². The molecule has 0 unspecified atom stereocenters. The lowest BCUT2D eigenvalue weighted by Gasteiger charge is -2.30. The van der Waals surface area contributed by atoms with E-state index in [1.807, 2.05) is 18.3 Å². The molecular weight excluding hydrogens is 380 g/mol. The molecule has 7 heteroatoms. The standard InChI is InChI=1S/C23H26N4O3/c28-19-3-1-2-17(12-19)21-14-23(27-6-10-30-11-7-27)20-15-24-18(13-22(20)25-21)16-26-4-8-29-9-5-26/h1-3,12-15,28H,4-11,16H2. The van der Waals surface area contributed by atoms with E-state index < -0.39 is 0 Å². The van der Waals surface area contributed by atoms with Crippen molar-refractivity contribution in [3.05, 3.63) is 48.3 Å². The topological polar surface area (TPSA) is 71.0 Å². The van der Waals surface area contributed by atoms with Crippen LogP contribution in [0.25, 0.3) is 22.2 Å². The molecule has 2 aliphatic heterocycles. The minimum atomic E-state index is 0.241. The van der Waals surface area contributed by atoms with Crippen molar-refractivity contribution in [2.45, 2.75) is 6.54 Å². The first kappa shape index (κ1) is 19.2. The van der Waals surface area contributed by atoms with E-state index in [4.69, 9.17) is 19.4 Å². The summed E-state index contributed by atoms with van der Waals surface area (Å²) in [5, 5.41) is 11.0. The van der Waals surface area contributed by atoms with Gasteiger partial charge in [-0.15, -0.1) is 0 Å². The second-order valence-corrected chi connectivity index (χ2v) is 7.76. The van der Waals surface area contributed by atoms with Gasteiger partial charge in [0, 0.05) is 49.9 Å². The lowest BCUT2D eigenvalue weighted by molar-refractivity contribution is 0.0337. The zero-order valence-corrected chi connectivity index (χ0v) is 17.0. The molecule has 1 aromatic carbocycles. The highest BCUT2D eigenvalue weighted by Gasteiger charge is 2.18. The summed E-state index contributed by atoms with van der Waals surface area (Å²) in [5.74, 6) is 0.241. The molecule has 5 rings (SSSR count). The van der Waals surface area contributed by atoms with Crippen LogP contribution in [0.1, 0.15) is 5.69 Å². The minimum absolute atomic E-state index is 0.241. The number of aromatic hydroxyl groups is 1. The van der Waals surface area contributed by atoms with Gasteiger partial charge in [-0.3, -0.25) is 9.88 Å². The van der Waals surface area contributed by atoms with E-state index in [0.717, 1.165) is 79.5 Å². The summed E-state index contributed by atoms with van der Waals surface area (Å²) in [6, 6.07) is 11.5. The van der Waals surface area contributed by atoms with E-state index in [1.54, 1.807) is 12.1 Å². The van der Waals surface area contributed by atoms with E-state index in [0.29, 0.717) is 13.2 Å². The van der Waals surface area contributed by atoms with Gasteiger partial charge in [0.2, 0.25) is 0 Å². The largest absolute Gasteiger partial charge is 0.508 e. The number of aromatic nitrogens is 2. The highest BCUT2D eigenvalue weighted by Crippen LogP contribution is 2.32. The first-order chi connectivity index (χ1) is 14.8. The molecule has 2 saturated heterocycles. The molecule has 0 radical (unpaired) electrons. The maximum absolute atomic E-state index is 9.95. The Labute approximate surface area is 175 Å². The average Bonchev–Trinajstić information content (AvgIpc) is 2.79. The van der Waals surface area contributed by atoms with E-state index in [9.17, 15) is 5.11 Å². The third-order valence-corrected chi connectivity index (χ3v) is 5.71. The zero-order valence-electron chi connectivity index (χ0n) is 17.0. The predicted octanol–water partition coefficient (Wildman–Crippen LogP) is 2.67. The molecule has 3 aromatic rings. The minimum Gasteiger partial charge on any atom is -0.508 e. The quantitative estimate of drug-likeness (QED) is 0.714. The van der Waals surface area contributed by atoms with Crippen LogP contribution >= 0.6 is 0 Å². The normalized spacial score (nSPS) is 18.1. The van der Waals surface area contributed by atoms with Gasteiger partial charge in [-0.1, -0.05) is 12.1 Å². The maximum Gasteiger partial charge on any atom is 0.116 e. The first-order valence-electron chi connectivity index (χ1n) is 10.5. The van der Waals surface area contributed by atoms with Crippen LogP contribution in [0.15, 0.2) is 42.6 Å². The Morgan fingerprint density at radius 1 is 0.933 bits per heavy atom. The van der Waals surface area contributed by atoms with E-state index in [2.05, 4.69) is 21.9 Å². The number of hydrogen-bond acceptors (Lipinski definition) is 7. The number of phenolic OH excluding ortho intramolecular Hbond substituents is 1. The fourth-order valence-electron chi connectivity index (χ4n) is 4.10. The number of ether oxygens (including phenoxy) is 2. The maximum atomic E-state index is 9.95. The van der Waals surface area contributed by atoms with Crippen molar-refractivity contribution < 1.29 is 14.6 Å². The Balaban J connectivity index is 1.57. The van der Waals surface area contributed by atoms with Crippen LogP contribution in [0, 0.1) is 0 Å². The molecule has 2 fully saturated rings. The summed E-state index contributed by atoms with van der Waals surface area (Å²) < 4.78 is 11.0. The molecule has 2 aliphatic rings. The van der Waals surface area contributed by atoms with Gasteiger partial charge in [0.05, 0.1) is 49.0 Å². The van der Waals surface area contributed by atoms with Crippen molar-refractivity contribution in [1.82, 2.24) is 14.9 Å². The molecule has 30 heavy (non-hydrogen) atoms. The molecule has 0 bridgehead atoms. The molecule has 0 atom stereocenters. The summed E-state index contributed by atoms with van der Waals surface area (Å²) in [5.41, 5.74) is 4.81. The monoisotopic (exact) mass is 406 g/mol. The number of rotatable bonds is 4. The molecule has 4 heterocycles. The summed E-state index contributed by atoms with van der Waals surface area (Å²) in [6.45, 7) is 7.31. The van der Waals surface area contributed by atoms with Crippen molar-refractivity contribution in [2.24, 2.45) is 0 Å². The van der Waals surface area contributed by atoms with Crippen molar-refractivity contribution in [3.8, 4) is 17.0 Å². The molecule has 0 saturated carbocycles. The number of hydrogen-bond donors (Lipinski definition) is 1. The molecule has 156 valence electrons. The zero-order chi connectivity index (χ0) is 20.3. The molecule has 1 N–H and O–H groups in total. The average molecular weight is 406 g/mol. The van der Waals surface area contributed by atoms with Gasteiger partial charge in [-0.2, -0.15) is 0 Å². The lowest BCUT2D eigenvalue weighted by atomic mass is 10.1.